The molecule has 0 nitrogen and oxygen atoms in total. The minimum Gasteiger partial charge on any atom is -0.0795 e. The van der Waals surface area contributed by atoms with E-state index < -0.39 is 0 Å². The third kappa shape index (κ3) is 2.58. The van der Waals surface area contributed by atoms with Gasteiger partial charge in [0.25, 0.3) is 0 Å². The minimum atomic E-state index is 1.09. The Balaban J connectivity index is 0.000000155. The van der Waals surface area contributed by atoms with Crippen LogP contribution in [0.15, 0.2) is 78.9 Å². The molecule has 3 aromatic carbocycles. The zero-order chi connectivity index (χ0) is 12.9. The molecule has 92 valence electrons. The number of hydrogen-bond acceptors (Lipinski definition) is 0. The molecule has 0 heterocycles. The van der Waals surface area contributed by atoms with Crippen LogP contribution in [0.4, 0.5) is 0 Å². The number of fused-ring (bicyclic) bond motifs is 3. The van der Waals surface area contributed by atoms with Crippen molar-refractivity contribution in [3.05, 3.63) is 90.0 Å². The van der Waals surface area contributed by atoms with Gasteiger partial charge in [0, 0.05) is 0 Å². The first-order chi connectivity index (χ1) is 9.45. The maximum atomic E-state index is 2.23. The Morgan fingerprint density at radius 1 is 0.632 bits per heavy atom. The summed E-state index contributed by atoms with van der Waals surface area (Å²) in [5, 5.41) is 2.76. The van der Waals surface area contributed by atoms with Gasteiger partial charge in [-0.3, -0.25) is 0 Å². The second-order valence-corrected chi connectivity index (χ2v) is 4.62. The smallest absolute Gasteiger partial charge is 0.00820 e. The van der Waals surface area contributed by atoms with E-state index in [-0.39, 0.29) is 0 Å². The van der Waals surface area contributed by atoms with Crippen molar-refractivity contribution in [1.29, 1.82) is 0 Å². The summed E-state index contributed by atoms with van der Waals surface area (Å²) in [5.74, 6) is 0. The van der Waals surface area contributed by atoms with Crippen molar-refractivity contribution in [3.8, 4) is 0 Å². The van der Waals surface area contributed by atoms with Crippen LogP contribution in [0.2, 0.25) is 0 Å². The van der Waals surface area contributed by atoms with E-state index in [1.54, 1.807) is 0 Å². The summed E-state index contributed by atoms with van der Waals surface area (Å²) in [7, 11) is 0. The summed E-state index contributed by atoms with van der Waals surface area (Å²) in [5.41, 5.74) is 2.87. The standard InChI is InChI=1S/C13H10.C6H6/c1-2-6-12-10(4-1)8-9-11-5-3-7-13(11)12;1-2-4-6-5-3-1/h1-6,8-9H,7H2;1-6H. The molecule has 0 saturated heterocycles. The molecule has 0 N–H and O–H groups in total. The van der Waals surface area contributed by atoms with Gasteiger partial charge in [-0.15, -0.1) is 0 Å². The molecule has 1 aliphatic rings. The largest absolute Gasteiger partial charge is 0.0795 e. The van der Waals surface area contributed by atoms with Crippen molar-refractivity contribution in [2.45, 2.75) is 6.42 Å². The van der Waals surface area contributed by atoms with Crippen molar-refractivity contribution in [2.24, 2.45) is 0 Å². The van der Waals surface area contributed by atoms with Gasteiger partial charge in [0.1, 0.15) is 0 Å². The van der Waals surface area contributed by atoms with Crippen molar-refractivity contribution in [1.82, 2.24) is 0 Å². The molecule has 1 aliphatic carbocycles. The summed E-state index contributed by atoms with van der Waals surface area (Å²) < 4.78 is 0. The quantitative estimate of drug-likeness (QED) is 0.516. The van der Waals surface area contributed by atoms with Crippen LogP contribution >= 0.6 is 0 Å². The molecule has 0 bridgehead atoms. The molecule has 0 radical (unpaired) electrons. The van der Waals surface area contributed by atoms with E-state index in [4.69, 9.17) is 0 Å². The molecule has 0 saturated carbocycles. The van der Waals surface area contributed by atoms with Gasteiger partial charge in [-0.2, -0.15) is 0 Å². The topological polar surface area (TPSA) is 0 Å². The maximum Gasteiger partial charge on any atom is -0.00820 e. The Morgan fingerprint density at radius 3 is 2.05 bits per heavy atom. The second-order valence-electron chi connectivity index (χ2n) is 4.62. The Kier molecular flexibility index (Phi) is 3.42. The molecular weight excluding hydrogens is 228 g/mol. The van der Waals surface area contributed by atoms with Crippen molar-refractivity contribution in [2.75, 3.05) is 0 Å². The van der Waals surface area contributed by atoms with Crippen LogP contribution in [0.1, 0.15) is 11.1 Å². The molecule has 0 amide bonds. The highest BCUT2D eigenvalue weighted by Crippen LogP contribution is 2.27. The number of rotatable bonds is 0. The highest BCUT2D eigenvalue weighted by Gasteiger charge is 2.07. The van der Waals surface area contributed by atoms with E-state index >= 15 is 0 Å². The van der Waals surface area contributed by atoms with Crippen molar-refractivity contribution in [3.63, 3.8) is 0 Å². The lowest BCUT2D eigenvalue weighted by Gasteiger charge is -2.03. The zero-order valence-electron chi connectivity index (χ0n) is 10.8. The molecule has 0 fully saturated rings. The minimum absolute atomic E-state index is 1.09. The zero-order valence-corrected chi connectivity index (χ0v) is 10.8. The van der Waals surface area contributed by atoms with Gasteiger partial charge >= 0.3 is 0 Å². The third-order valence-electron chi connectivity index (χ3n) is 3.36. The average Bonchev–Trinajstić information content (AvgIpc) is 2.99. The second kappa shape index (κ2) is 5.53. The first-order valence-electron chi connectivity index (χ1n) is 6.62. The Labute approximate surface area is 114 Å². The maximum absolute atomic E-state index is 2.23. The van der Waals surface area contributed by atoms with Gasteiger partial charge in [0.15, 0.2) is 0 Å². The monoisotopic (exact) mass is 244 g/mol. The average molecular weight is 244 g/mol. The third-order valence-corrected chi connectivity index (χ3v) is 3.36. The van der Waals surface area contributed by atoms with Gasteiger partial charge in [-0.1, -0.05) is 84.9 Å². The van der Waals surface area contributed by atoms with Crippen LogP contribution in [-0.4, -0.2) is 0 Å². The van der Waals surface area contributed by atoms with Crippen LogP contribution in [0.5, 0.6) is 0 Å². The Morgan fingerprint density at radius 2 is 1.32 bits per heavy atom. The molecule has 0 unspecified atom stereocenters. The van der Waals surface area contributed by atoms with E-state index in [1.807, 2.05) is 36.4 Å². The van der Waals surface area contributed by atoms with Gasteiger partial charge < -0.3 is 0 Å². The molecule has 3 aromatic rings. The molecule has 0 atom stereocenters. The predicted molar refractivity (Wildman–Crippen MR) is 83.1 cm³/mol. The van der Waals surface area contributed by atoms with E-state index in [0.717, 1.165) is 6.42 Å². The molecule has 0 aliphatic heterocycles. The predicted octanol–water partition coefficient (Wildman–Crippen LogP) is 5.10. The van der Waals surface area contributed by atoms with Crippen molar-refractivity contribution >= 4 is 16.8 Å². The lowest BCUT2D eigenvalue weighted by molar-refractivity contribution is 1.35. The SMILES string of the molecule is C1=Cc2ccc3ccccc3c2C1.c1ccccc1. The molecule has 0 aromatic heterocycles. The van der Waals surface area contributed by atoms with Crippen LogP contribution in [0.25, 0.3) is 16.8 Å². The molecular formula is C19H16. The van der Waals surface area contributed by atoms with E-state index in [1.165, 1.54) is 21.9 Å². The molecule has 4 rings (SSSR count). The number of benzene rings is 3. The highest BCUT2D eigenvalue weighted by molar-refractivity contribution is 5.90. The normalized spacial score (nSPS) is 11.8. The fourth-order valence-electron chi connectivity index (χ4n) is 2.43. The first-order valence-corrected chi connectivity index (χ1v) is 6.62. The summed E-state index contributed by atoms with van der Waals surface area (Å²) >= 11 is 0. The molecule has 0 heteroatoms. The summed E-state index contributed by atoms with van der Waals surface area (Å²) in [6, 6.07) is 25.0. The lowest BCUT2D eigenvalue weighted by Crippen LogP contribution is -1.83. The van der Waals surface area contributed by atoms with E-state index in [0.29, 0.717) is 0 Å². The summed E-state index contributed by atoms with van der Waals surface area (Å²) in [6.45, 7) is 0. The first kappa shape index (κ1) is 11.7. The number of hydrogen-bond donors (Lipinski definition) is 0. The van der Waals surface area contributed by atoms with Crippen LogP contribution in [0.3, 0.4) is 0 Å². The fraction of sp³-hybridized carbons (Fsp3) is 0.0526. The molecule has 19 heavy (non-hydrogen) atoms. The summed E-state index contributed by atoms with van der Waals surface area (Å²) in [6.07, 6.45) is 5.54. The Bertz CT molecular complexity index is 667. The van der Waals surface area contributed by atoms with Gasteiger partial charge in [-0.25, -0.2) is 0 Å². The van der Waals surface area contributed by atoms with E-state index in [2.05, 4.69) is 48.6 Å². The van der Waals surface area contributed by atoms with Gasteiger partial charge in [0.2, 0.25) is 0 Å². The number of allylic oxidation sites excluding steroid dienone is 1. The van der Waals surface area contributed by atoms with Gasteiger partial charge in [0.05, 0.1) is 0 Å². The molecule has 0 spiro atoms. The highest BCUT2D eigenvalue weighted by atomic mass is 14.1. The van der Waals surface area contributed by atoms with Crippen LogP contribution in [-0.2, 0) is 6.42 Å². The van der Waals surface area contributed by atoms with Crippen LogP contribution in [0, 0.1) is 0 Å². The van der Waals surface area contributed by atoms with Crippen LogP contribution < -0.4 is 0 Å². The summed E-state index contributed by atoms with van der Waals surface area (Å²) in [4.78, 5) is 0. The van der Waals surface area contributed by atoms with E-state index in [9.17, 15) is 0 Å². The fourth-order valence-corrected chi connectivity index (χ4v) is 2.43. The van der Waals surface area contributed by atoms with Gasteiger partial charge in [-0.05, 0) is 28.3 Å². The van der Waals surface area contributed by atoms with Crippen molar-refractivity contribution < 1.29 is 0 Å². The Hall–Kier alpha value is -2.34. The lowest BCUT2D eigenvalue weighted by atomic mass is 10.0.